The summed E-state index contributed by atoms with van der Waals surface area (Å²) >= 11 is 5.04. The third kappa shape index (κ3) is 2.98. The fraction of sp³-hybridized carbons (Fsp3) is 0.467. The van der Waals surface area contributed by atoms with Crippen LogP contribution in [-0.2, 0) is 11.2 Å². The van der Waals surface area contributed by atoms with E-state index in [0.29, 0.717) is 18.9 Å². The van der Waals surface area contributed by atoms with Gasteiger partial charge >= 0.3 is 0 Å². The van der Waals surface area contributed by atoms with Gasteiger partial charge in [0.05, 0.1) is 10.4 Å². The first-order valence-corrected chi connectivity index (χ1v) is 7.17. The van der Waals surface area contributed by atoms with Gasteiger partial charge in [0.25, 0.3) is 0 Å². The minimum atomic E-state index is -0.655. The maximum atomic E-state index is 12.8. The Morgan fingerprint density at radius 3 is 2.55 bits per heavy atom. The molecule has 1 aromatic rings. The van der Waals surface area contributed by atoms with E-state index in [4.69, 9.17) is 18.0 Å². The monoisotopic (exact) mass is 294 g/mol. The minimum absolute atomic E-state index is 0.0785. The third-order valence-corrected chi connectivity index (χ3v) is 4.30. The Kier molecular flexibility index (Phi) is 4.38. The van der Waals surface area contributed by atoms with E-state index in [2.05, 4.69) is 12.2 Å². The standard InChI is InChI=1S/C15H19FN2OS/c1-10-8-15(9-10,13(17)20)14(19)18-7-6-11-2-4-12(16)5-3-11/h2-5,10H,6-9H2,1H3,(H2,17,20)(H,18,19). The molecule has 20 heavy (non-hydrogen) atoms. The summed E-state index contributed by atoms with van der Waals surface area (Å²) in [6, 6.07) is 6.27. The predicted octanol–water partition coefficient (Wildman–Crippen LogP) is 2.19. The highest BCUT2D eigenvalue weighted by Gasteiger charge is 2.50. The number of carbonyl (C=O) groups is 1. The summed E-state index contributed by atoms with van der Waals surface area (Å²) in [6.07, 6.45) is 2.12. The van der Waals surface area contributed by atoms with Crippen molar-refractivity contribution in [2.24, 2.45) is 17.1 Å². The maximum absolute atomic E-state index is 12.8. The molecule has 1 aliphatic rings. The van der Waals surface area contributed by atoms with Crippen LogP contribution in [0.3, 0.4) is 0 Å². The van der Waals surface area contributed by atoms with E-state index >= 15 is 0 Å². The number of halogens is 1. The Morgan fingerprint density at radius 1 is 1.45 bits per heavy atom. The molecule has 1 aromatic carbocycles. The van der Waals surface area contributed by atoms with Gasteiger partial charge in [-0.15, -0.1) is 0 Å². The first-order valence-electron chi connectivity index (χ1n) is 6.77. The van der Waals surface area contributed by atoms with E-state index in [-0.39, 0.29) is 16.7 Å². The number of nitrogens with two attached hydrogens (primary N) is 1. The summed E-state index contributed by atoms with van der Waals surface area (Å²) in [4.78, 5) is 12.5. The number of carbonyl (C=O) groups excluding carboxylic acids is 1. The number of rotatable bonds is 5. The molecule has 3 N–H and O–H groups in total. The molecular weight excluding hydrogens is 275 g/mol. The van der Waals surface area contributed by atoms with Crippen LogP contribution in [0, 0.1) is 17.2 Å². The van der Waals surface area contributed by atoms with Gasteiger partial charge in [0.2, 0.25) is 5.91 Å². The smallest absolute Gasteiger partial charge is 0.233 e. The van der Waals surface area contributed by atoms with Crippen molar-refractivity contribution in [2.75, 3.05) is 6.54 Å². The molecule has 3 nitrogen and oxygen atoms in total. The van der Waals surface area contributed by atoms with Crippen LogP contribution in [0.2, 0.25) is 0 Å². The van der Waals surface area contributed by atoms with Crippen molar-refractivity contribution in [1.82, 2.24) is 5.32 Å². The van der Waals surface area contributed by atoms with Crippen LogP contribution in [0.4, 0.5) is 4.39 Å². The summed E-state index contributed by atoms with van der Waals surface area (Å²) < 4.78 is 12.8. The molecule has 0 saturated heterocycles. The average molecular weight is 294 g/mol. The highest BCUT2D eigenvalue weighted by Crippen LogP contribution is 2.45. The van der Waals surface area contributed by atoms with Crippen molar-refractivity contribution in [2.45, 2.75) is 26.2 Å². The van der Waals surface area contributed by atoms with Gasteiger partial charge in [-0.3, -0.25) is 4.79 Å². The largest absolute Gasteiger partial charge is 0.392 e. The molecule has 0 spiro atoms. The zero-order chi connectivity index (χ0) is 14.8. The molecule has 1 amide bonds. The number of hydrogen-bond donors (Lipinski definition) is 2. The van der Waals surface area contributed by atoms with Crippen molar-refractivity contribution < 1.29 is 9.18 Å². The van der Waals surface area contributed by atoms with Crippen LogP contribution >= 0.6 is 12.2 Å². The van der Waals surface area contributed by atoms with E-state index in [1.165, 1.54) is 12.1 Å². The molecule has 0 radical (unpaired) electrons. The van der Waals surface area contributed by atoms with Crippen LogP contribution in [0.1, 0.15) is 25.3 Å². The second-order valence-electron chi connectivity index (χ2n) is 5.59. The summed E-state index contributed by atoms with van der Waals surface area (Å²) in [5, 5.41) is 2.89. The fourth-order valence-electron chi connectivity index (χ4n) is 2.77. The van der Waals surface area contributed by atoms with Gasteiger partial charge in [-0.05, 0) is 42.9 Å². The Labute approximate surface area is 123 Å². The lowest BCUT2D eigenvalue weighted by Crippen LogP contribution is -2.56. The van der Waals surface area contributed by atoms with Crippen LogP contribution in [0.15, 0.2) is 24.3 Å². The van der Waals surface area contributed by atoms with Gasteiger partial charge in [0.15, 0.2) is 0 Å². The van der Waals surface area contributed by atoms with Crippen molar-refractivity contribution >= 4 is 23.1 Å². The molecule has 0 bridgehead atoms. The number of thiocarbonyl (C=S) groups is 1. The van der Waals surface area contributed by atoms with Crippen molar-refractivity contribution in [3.63, 3.8) is 0 Å². The van der Waals surface area contributed by atoms with Crippen LogP contribution in [-0.4, -0.2) is 17.4 Å². The van der Waals surface area contributed by atoms with Crippen molar-refractivity contribution in [3.8, 4) is 0 Å². The maximum Gasteiger partial charge on any atom is 0.233 e. The summed E-state index contributed by atoms with van der Waals surface area (Å²) in [5.41, 5.74) is 6.05. The van der Waals surface area contributed by atoms with Gasteiger partial charge in [0, 0.05) is 6.54 Å². The number of amides is 1. The molecule has 1 saturated carbocycles. The molecule has 0 aliphatic heterocycles. The first-order chi connectivity index (χ1) is 9.44. The molecule has 0 aromatic heterocycles. The van der Waals surface area contributed by atoms with E-state index < -0.39 is 5.41 Å². The van der Waals surface area contributed by atoms with Gasteiger partial charge in [-0.2, -0.15) is 0 Å². The molecule has 2 rings (SSSR count). The van der Waals surface area contributed by atoms with Crippen LogP contribution in [0.5, 0.6) is 0 Å². The topological polar surface area (TPSA) is 55.1 Å². The highest BCUT2D eigenvalue weighted by atomic mass is 32.1. The lowest BCUT2D eigenvalue weighted by atomic mass is 9.62. The first kappa shape index (κ1) is 14.9. The summed E-state index contributed by atoms with van der Waals surface area (Å²) in [6.45, 7) is 2.59. The van der Waals surface area contributed by atoms with Crippen LogP contribution < -0.4 is 11.1 Å². The summed E-state index contributed by atoms with van der Waals surface area (Å²) in [5.74, 6) is 0.151. The second-order valence-corrected chi connectivity index (χ2v) is 6.03. The molecule has 1 aliphatic carbocycles. The van der Waals surface area contributed by atoms with Crippen LogP contribution in [0.25, 0.3) is 0 Å². The fourth-order valence-corrected chi connectivity index (χ4v) is 3.03. The molecule has 0 heterocycles. The summed E-state index contributed by atoms with van der Waals surface area (Å²) in [7, 11) is 0. The molecule has 1 fully saturated rings. The molecule has 5 heteroatoms. The second kappa shape index (κ2) is 5.87. The highest BCUT2D eigenvalue weighted by molar-refractivity contribution is 7.80. The minimum Gasteiger partial charge on any atom is -0.392 e. The Bertz CT molecular complexity index is 509. The molecular formula is C15H19FN2OS. The lowest BCUT2D eigenvalue weighted by Gasteiger charge is -2.44. The van der Waals surface area contributed by atoms with Gasteiger partial charge in [-0.25, -0.2) is 4.39 Å². The Morgan fingerprint density at radius 2 is 2.05 bits per heavy atom. The zero-order valence-corrected chi connectivity index (χ0v) is 12.3. The number of nitrogens with one attached hydrogen (secondary N) is 1. The van der Waals surface area contributed by atoms with Crippen molar-refractivity contribution in [3.05, 3.63) is 35.6 Å². The SMILES string of the molecule is CC1CC(C(=O)NCCc2ccc(F)cc2)(C(N)=S)C1. The lowest BCUT2D eigenvalue weighted by molar-refractivity contribution is -0.132. The Hall–Kier alpha value is -1.49. The molecule has 108 valence electrons. The van der Waals surface area contributed by atoms with Crippen molar-refractivity contribution in [1.29, 1.82) is 0 Å². The molecule has 0 atom stereocenters. The van der Waals surface area contributed by atoms with E-state index in [1.807, 2.05) is 0 Å². The van der Waals surface area contributed by atoms with E-state index in [9.17, 15) is 9.18 Å². The number of benzene rings is 1. The van der Waals surface area contributed by atoms with E-state index in [0.717, 1.165) is 18.4 Å². The zero-order valence-electron chi connectivity index (χ0n) is 11.5. The quantitative estimate of drug-likeness (QED) is 0.819. The average Bonchev–Trinajstić information content (AvgIpc) is 2.36. The van der Waals surface area contributed by atoms with E-state index in [1.54, 1.807) is 12.1 Å². The van der Waals surface area contributed by atoms with Gasteiger partial charge in [-0.1, -0.05) is 31.3 Å². The van der Waals surface area contributed by atoms with Gasteiger partial charge in [0.1, 0.15) is 5.82 Å². The van der Waals surface area contributed by atoms with Gasteiger partial charge < -0.3 is 11.1 Å². The molecule has 0 unspecified atom stereocenters. The third-order valence-electron chi connectivity index (χ3n) is 3.91. The predicted molar refractivity (Wildman–Crippen MR) is 80.7 cm³/mol. The normalized spacial score (nSPS) is 24.8. The number of hydrogen-bond acceptors (Lipinski definition) is 2. The Balaban J connectivity index is 1.86.